The Balaban J connectivity index is 3.01. The fourth-order valence-corrected chi connectivity index (χ4v) is 0.487. The van der Waals surface area contributed by atoms with Crippen molar-refractivity contribution in [1.29, 1.82) is 0 Å². The zero-order valence-corrected chi connectivity index (χ0v) is 5.12. The van der Waals surface area contributed by atoms with E-state index < -0.39 is 5.97 Å². The molecular weight excluding hydrogens is 138 g/mol. The van der Waals surface area contributed by atoms with Crippen molar-refractivity contribution in [2.75, 3.05) is 12.4 Å². The summed E-state index contributed by atoms with van der Waals surface area (Å²) >= 11 is 0. The Morgan fingerprint density at radius 2 is 2.40 bits per heavy atom. The van der Waals surface area contributed by atoms with Crippen molar-refractivity contribution < 1.29 is 14.5 Å². The first kappa shape index (κ1) is 6.53. The molecule has 54 valence electrons. The van der Waals surface area contributed by atoms with Crippen LogP contribution in [0.25, 0.3) is 0 Å². The molecule has 0 fully saturated rings. The first-order chi connectivity index (χ1) is 4.75. The van der Waals surface area contributed by atoms with Crippen molar-refractivity contribution in [3.8, 4) is 0 Å². The summed E-state index contributed by atoms with van der Waals surface area (Å²) < 4.78 is 4.11. The Morgan fingerprint density at radius 3 is 2.80 bits per heavy atom. The summed E-state index contributed by atoms with van der Waals surface area (Å²) in [6.07, 6.45) is 0. The summed E-state index contributed by atoms with van der Waals surface area (Å²) in [5.74, 6) is -1.34. The second kappa shape index (κ2) is 2.34. The van der Waals surface area contributed by atoms with E-state index in [9.17, 15) is 9.90 Å². The van der Waals surface area contributed by atoms with E-state index in [0.717, 1.165) is 0 Å². The van der Waals surface area contributed by atoms with Crippen molar-refractivity contribution in [3.63, 3.8) is 0 Å². The number of carbonyl (C=O) groups is 1. The van der Waals surface area contributed by atoms with Gasteiger partial charge in [0.2, 0.25) is 0 Å². The number of carboxylic acids is 1. The Bertz CT molecular complexity index is 244. The summed E-state index contributed by atoms with van der Waals surface area (Å²) in [5, 5.41) is 18.9. The van der Waals surface area contributed by atoms with E-state index in [1.165, 1.54) is 7.05 Å². The SMILES string of the molecule is CNc1nonc1C(=O)[O-]. The molecule has 1 rings (SSSR count). The maximum atomic E-state index is 10.1. The molecule has 0 bridgehead atoms. The predicted octanol–water partition coefficient (Wildman–Crippen LogP) is -1.53. The van der Waals surface area contributed by atoms with E-state index in [1.54, 1.807) is 0 Å². The summed E-state index contributed by atoms with van der Waals surface area (Å²) in [6.45, 7) is 0. The van der Waals surface area contributed by atoms with Gasteiger partial charge >= 0.3 is 0 Å². The van der Waals surface area contributed by atoms with Gasteiger partial charge in [0, 0.05) is 7.05 Å². The lowest BCUT2D eigenvalue weighted by molar-refractivity contribution is -0.255. The van der Waals surface area contributed by atoms with Crippen LogP contribution in [-0.2, 0) is 0 Å². The van der Waals surface area contributed by atoms with Gasteiger partial charge in [-0.1, -0.05) is 0 Å². The largest absolute Gasteiger partial charge is 0.543 e. The van der Waals surface area contributed by atoms with E-state index in [2.05, 4.69) is 20.3 Å². The number of nitrogens with one attached hydrogen (secondary N) is 1. The molecule has 1 aromatic heterocycles. The minimum absolute atomic E-state index is 0.0694. The first-order valence-corrected chi connectivity index (χ1v) is 2.47. The molecular formula is C4H4N3O3-. The number of hydrogen-bond acceptors (Lipinski definition) is 6. The summed E-state index contributed by atoms with van der Waals surface area (Å²) in [5.41, 5.74) is -0.317. The van der Waals surface area contributed by atoms with E-state index in [4.69, 9.17) is 0 Å². The molecule has 1 heterocycles. The van der Waals surface area contributed by atoms with Crippen molar-refractivity contribution in [3.05, 3.63) is 5.69 Å². The van der Waals surface area contributed by atoms with E-state index in [1.807, 2.05) is 0 Å². The van der Waals surface area contributed by atoms with E-state index in [-0.39, 0.29) is 11.5 Å². The highest BCUT2D eigenvalue weighted by Crippen LogP contribution is 2.05. The van der Waals surface area contributed by atoms with Crippen molar-refractivity contribution in [2.24, 2.45) is 0 Å². The number of nitrogens with zero attached hydrogens (tertiary/aromatic N) is 2. The molecule has 6 nitrogen and oxygen atoms in total. The minimum atomic E-state index is -1.41. The Labute approximate surface area is 55.8 Å². The molecule has 0 unspecified atom stereocenters. The number of rotatable bonds is 2. The van der Waals surface area contributed by atoms with Crippen molar-refractivity contribution >= 4 is 11.8 Å². The van der Waals surface area contributed by atoms with Gasteiger partial charge in [0.05, 0.1) is 5.97 Å². The number of aromatic carboxylic acids is 1. The Hall–Kier alpha value is -1.59. The van der Waals surface area contributed by atoms with Gasteiger partial charge in [0.15, 0.2) is 11.5 Å². The average molecular weight is 142 g/mol. The molecule has 0 aromatic carbocycles. The standard InChI is InChI=1S/C4H5N3O3/c1-5-3-2(4(8)9)6-10-7-3/h1H3,(H,5,7)(H,8,9)/p-1. The molecule has 0 saturated carbocycles. The molecule has 0 aliphatic heterocycles. The van der Waals surface area contributed by atoms with Gasteiger partial charge in [0.25, 0.3) is 0 Å². The third kappa shape index (κ3) is 0.903. The molecule has 10 heavy (non-hydrogen) atoms. The second-order valence-corrected chi connectivity index (χ2v) is 1.50. The number of carboxylic acid groups (broad SMARTS) is 1. The highest BCUT2D eigenvalue weighted by atomic mass is 16.6. The van der Waals surface area contributed by atoms with Gasteiger partial charge in [-0.05, 0) is 10.3 Å². The smallest absolute Gasteiger partial charge is 0.199 e. The average Bonchev–Trinajstić information content (AvgIpc) is 2.33. The van der Waals surface area contributed by atoms with Gasteiger partial charge in [0.1, 0.15) is 0 Å². The normalized spacial score (nSPS) is 9.30. The van der Waals surface area contributed by atoms with Gasteiger partial charge < -0.3 is 15.2 Å². The topological polar surface area (TPSA) is 91.1 Å². The monoisotopic (exact) mass is 142 g/mol. The molecule has 0 radical (unpaired) electrons. The molecule has 0 saturated heterocycles. The molecule has 0 spiro atoms. The highest BCUT2D eigenvalue weighted by molar-refractivity contribution is 5.88. The quantitative estimate of drug-likeness (QED) is 0.538. The summed E-state index contributed by atoms with van der Waals surface area (Å²) in [6, 6.07) is 0. The number of hydrogen-bond donors (Lipinski definition) is 1. The number of carbonyl (C=O) groups excluding carboxylic acids is 1. The molecule has 0 aliphatic rings. The van der Waals surface area contributed by atoms with Crippen LogP contribution in [0.4, 0.5) is 5.82 Å². The van der Waals surface area contributed by atoms with Crippen molar-refractivity contribution in [2.45, 2.75) is 0 Å². The Morgan fingerprint density at radius 1 is 1.70 bits per heavy atom. The van der Waals surface area contributed by atoms with Gasteiger partial charge in [-0.15, -0.1) is 0 Å². The fraction of sp³-hybridized carbons (Fsp3) is 0.250. The molecule has 1 aromatic rings. The molecule has 6 heteroatoms. The maximum absolute atomic E-state index is 10.1. The highest BCUT2D eigenvalue weighted by Gasteiger charge is 2.07. The van der Waals surface area contributed by atoms with Crippen LogP contribution >= 0.6 is 0 Å². The first-order valence-electron chi connectivity index (χ1n) is 2.47. The van der Waals surface area contributed by atoms with Crippen LogP contribution in [0.1, 0.15) is 10.5 Å². The second-order valence-electron chi connectivity index (χ2n) is 1.50. The molecule has 1 N–H and O–H groups in total. The summed E-state index contributed by atoms with van der Waals surface area (Å²) in [7, 11) is 1.51. The fourth-order valence-electron chi connectivity index (χ4n) is 0.487. The number of aromatic nitrogens is 2. The lowest BCUT2D eigenvalue weighted by Gasteiger charge is -1.95. The zero-order chi connectivity index (χ0) is 7.56. The van der Waals surface area contributed by atoms with Crippen LogP contribution in [0.3, 0.4) is 0 Å². The minimum Gasteiger partial charge on any atom is -0.543 e. The van der Waals surface area contributed by atoms with Gasteiger partial charge in [-0.3, -0.25) is 0 Å². The van der Waals surface area contributed by atoms with Gasteiger partial charge in [-0.25, -0.2) is 4.63 Å². The van der Waals surface area contributed by atoms with Crippen molar-refractivity contribution in [1.82, 2.24) is 10.3 Å². The van der Waals surface area contributed by atoms with Crippen LogP contribution in [0.2, 0.25) is 0 Å². The number of anilines is 1. The van der Waals surface area contributed by atoms with Crippen LogP contribution in [-0.4, -0.2) is 23.3 Å². The molecule has 0 amide bonds. The molecule has 0 atom stereocenters. The van der Waals surface area contributed by atoms with E-state index in [0.29, 0.717) is 0 Å². The lowest BCUT2D eigenvalue weighted by Crippen LogP contribution is -2.23. The summed E-state index contributed by atoms with van der Waals surface area (Å²) in [4.78, 5) is 10.1. The lowest BCUT2D eigenvalue weighted by atomic mass is 10.4. The molecule has 0 aliphatic carbocycles. The van der Waals surface area contributed by atoms with E-state index >= 15 is 0 Å². The maximum Gasteiger partial charge on any atom is 0.199 e. The zero-order valence-electron chi connectivity index (χ0n) is 5.12. The van der Waals surface area contributed by atoms with Crippen LogP contribution in [0, 0.1) is 0 Å². The van der Waals surface area contributed by atoms with Gasteiger partial charge in [-0.2, -0.15) is 0 Å². The Kier molecular flexibility index (Phi) is 1.53. The van der Waals surface area contributed by atoms with Crippen LogP contribution in [0.15, 0.2) is 4.63 Å². The van der Waals surface area contributed by atoms with Crippen LogP contribution in [0.5, 0.6) is 0 Å². The third-order valence-corrected chi connectivity index (χ3v) is 0.919. The predicted molar refractivity (Wildman–Crippen MR) is 28.2 cm³/mol. The third-order valence-electron chi connectivity index (χ3n) is 0.919. The van der Waals surface area contributed by atoms with Crippen LogP contribution < -0.4 is 10.4 Å².